The third-order valence-corrected chi connectivity index (χ3v) is 4.33. The van der Waals surface area contributed by atoms with Crippen LogP contribution in [0.3, 0.4) is 0 Å². The molecule has 0 amide bonds. The number of halogens is 3. The van der Waals surface area contributed by atoms with Gasteiger partial charge in [-0.2, -0.15) is 0 Å². The van der Waals surface area contributed by atoms with Crippen LogP contribution in [0.15, 0.2) is 30.6 Å². The number of phenols is 1. The third-order valence-electron chi connectivity index (χ3n) is 3.55. The van der Waals surface area contributed by atoms with Crippen molar-refractivity contribution < 1.29 is 19.0 Å². The number of rotatable bonds is 6. The fourth-order valence-electron chi connectivity index (χ4n) is 2.27. The highest BCUT2D eigenvalue weighted by Gasteiger charge is 2.14. The van der Waals surface area contributed by atoms with Crippen molar-refractivity contribution in [2.45, 2.75) is 0 Å². The first-order chi connectivity index (χ1) is 12.5. The van der Waals surface area contributed by atoms with E-state index < -0.39 is 5.82 Å². The summed E-state index contributed by atoms with van der Waals surface area (Å²) >= 11 is 11.6. The monoisotopic (exact) mass is 397 g/mol. The largest absolute Gasteiger partial charge is 0.504 e. The van der Waals surface area contributed by atoms with E-state index >= 15 is 0 Å². The molecule has 0 saturated heterocycles. The smallest absolute Gasteiger partial charge is 0.166 e. The zero-order valence-corrected chi connectivity index (χ0v) is 15.1. The van der Waals surface area contributed by atoms with Crippen molar-refractivity contribution in [1.82, 2.24) is 9.97 Å². The maximum absolute atomic E-state index is 14.3. The summed E-state index contributed by atoms with van der Waals surface area (Å²) < 4.78 is 24.6. The third kappa shape index (κ3) is 3.75. The Balaban J connectivity index is 1.97. The van der Waals surface area contributed by atoms with Gasteiger partial charge in [0.2, 0.25) is 0 Å². The number of benzene rings is 2. The van der Waals surface area contributed by atoms with Crippen LogP contribution < -0.4 is 10.1 Å². The fraction of sp³-hybridized carbons (Fsp3) is 0.176. The summed E-state index contributed by atoms with van der Waals surface area (Å²) in [5.41, 5.74) is 0.604. The van der Waals surface area contributed by atoms with Crippen LogP contribution in [0.2, 0.25) is 10.0 Å². The second kappa shape index (κ2) is 7.90. The minimum Gasteiger partial charge on any atom is -0.504 e. The van der Waals surface area contributed by atoms with Crippen LogP contribution >= 0.6 is 23.2 Å². The maximum Gasteiger partial charge on any atom is 0.166 e. The van der Waals surface area contributed by atoms with Crippen molar-refractivity contribution >= 4 is 45.6 Å². The number of aromatic hydroxyl groups is 1. The van der Waals surface area contributed by atoms with E-state index in [0.717, 1.165) is 0 Å². The van der Waals surface area contributed by atoms with Gasteiger partial charge < -0.3 is 19.9 Å². The molecule has 1 heterocycles. The van der Waals surface area contributed by atoms with Crippen LogP contribution in [-0.4, -0.2) is 35.4 Å². The molecule has 0 aliphatic heterocycles. The van der Waals surface area contributed by atoms with Gasteiger partial charge in [-0.25, -0.2) is 14.4 Å². The molecule has 0 bridgehead atoms. The number of fused-ring (bicyclic) bond motifs is 1. The van der Waals surface area contributed by atoms with E-state index in [2.05, 4.69) is 15.3 Å². The fourth-order valence-corrected chi connectivity index (χ4v) is 2.58. The van der Waals surface area contributed by atoms with E-state index in [1.807, 2.05) is 0 Å². The predicted octanol–water partition coefficient (Wildman–Crippen LogP) is 4.55. The van der Waals surface area contributed by atoms with Crippen LogP contribution in [0.1, 0.15) is 0 Å². The average Bonchev–Trinajstić information content (AvgIpc) is 2.63. The van der Waals surface area contributed by atoms with Crippen molar-refractivity contribution in [3.05, 3.63) is 46.5 Å². The van der Waals surface area contributed by atoms with Gasteiger partial charge in [0.05, 0.1) is 27.9 Å². The van der Waals surface area contributed by atoms with Crippen molar-refractivity contribution in [1.29, 1.82) is 0 Å². The molecule has 2 aromatic carbocycles. The molecular formula is C17H14Cl2FN3O3. The number of hydrogen-bond acceptors (Lipinski definition) is 6. The number of phenolic OH excluding ortho intramolecular Hbond substituents is 1. The zero-order chi connectivity index (χ0) is 18.7. The molecule has 0 radical (unpaired) electrons. The Labute approximate surface area is 158 Å². The van der Waals surface area contributed by atoms with E-state index in [1.54, 1.807) is 13.2 Å². The van der Waals surface area contributed by atoms with Gasteiger partial charge in [-0.1, -0.05) is 23.2 Å². The number of hydrogen-bond donors (Lipinski definition) is 2. The molecule has 1 aromatic heterocycles. The summed E-state index contributed by atoms with van der Waals surface area (Å²) in [4.78, 5) is 8.26. The lowest BCUT2D eigenvalue weighted by Gasteiger charge is -2.12. The molecule has 0 saturated carbocycles. The molecule has 26 heavy (non-hydrogen) atoms. The van der Waals surface area contributed by atoms with Crippen molar-refractivity contribution in [2.24, 2.45) is 0 Å². The van der Waals surface area contributed by atoms with Crippen LogP contribution in [0.25, 0.3) is 10.9 Å². The van der Waals surface area contributed by atoms with Gasteiger partial charge in [-0.05, 0) is 18.2 Å². The Bertz CT molecular complexity index is 956. The van der Waals surface area contributed by atoms with Crippen molar-refractivity contribution in [2.75, 3.05) is 25.6 Å². The van der Waals surface area contributed by atoms with E-state index in [0.29, 0.717) is 23.3 Å². The molecule has 136 valence electrons. The van der Waals surface area contributed by atoms with Gasteiger partial charge in [0, 0.05) is 18.6 Å². The maximum atomic E-state index is 14.3. The summed E-state index contributed by atoms with van der Waals surface area (Å²) in [5.74, 6) is -0.235. The lowest BCUT2D eigenvalue weighted by molar-refractivity contribution is 0.144. The number of methoxy groups -OCH3 is 1. The van der Waals surface area contributed by atoms with Crippen molar-refractivity contribution in [3.8, 4) is 11.5 Å². The van der Waals surface area contributed by atoms with Gasteiger partial charge in [0.25, 0.3) is 0 Å². The van der Waals surface area contributed by atoms with Crippen LogP contribution in [0.5, 0.6) is 11.5 Å². The van der Waals surface area contributed by atoms with E-state index in [4.69, 9.17) is 32.7 Å². The Morgan fingerprint density at radius 2 is 2.00 bits per heavy atom. The van der Waals surface area contributed by atoms with Gasteiger partial charge in [0.15, 0.2) is 17.3 Å². The van der Waals surface area contributed by atoms with Crippen LogP contribution in [-0.2, 0) is 4.74 Å². The number of ether oxygens (including phenoxy) is 2. The number of nitrogens with zero attached hydrogens (tertiary/aromatic N) is 2. The average molecular weight is 398 g/mol. The normalized spacial score (nSPS) is 10.9. The molecule has 0 unspecified atom stereocenters. The van der Waals surface area contributed by atoms with Gasteiger partial charge in [-0.3, -0.25) is 0 Å². The standard InChI is InChI=1S/C17H14Cl2FN3O3/c1-25-4-5-26-14-7-12-9(6-13(14)24)17(22-8-21-12)23-11-3-2-10(18)15(19)16(11)20/h2-3,6-8,24H,4-5H2,1H3,(H,21,22,23). The van der Waals surface area contributed by atoms with Crippen LogP contribution in [0.4, 0.5) is 15.9 Å². The topological polar surface area (TPSA) is 76.5 Å². The molecule has 0 fully saturated rings. The molecule has 0 aliphatic rings. The molecule has 9 heteroatoms. The molecule has 0 spiro atoms. The van der Waals surface area contributed by atoms with E-state index in [9.17, 15) is 9.50 Å². The molecule has 2 N–H and O–H groups in total. The lowest BCUT2D eigenvalue weighted by Crippen LogP contribution is -2.04. The Hall–Kier alpha value is -2.35. The Morgan fingerprint density at radius 3 is 2.77 bits per heavy atom. The zero-order valence-electron chi connectivity index (χ0n) is 13.6. The van der Waals surface area contributed by atoms with Crippen molar-refractivity contribution in [3.63, 3.8) is 0 Å². The quantitative estimate of drug-likeness (QED) is 0.469. The summed E-state index contributed by atoms with van der Waals surface area (Å²) in [6, 6.07) is 5.92. The molecule has 0 aliphatic carbocycles. The lowest BCUT2D eigenvalue weighted by atomic mass is 10.2. The Kier molecular flexibility index (Phi) is 5.61. The number of aromatic nitrogens is 2. The van der Waals surface area contributed by atoms with Gasteiger partial charge in [-0.15, -0.1) is 0 Å². The van der Waals surface area contributed by atoms with Crippen LogP contribution in [0, 0.1) is 5.82 Å². The Morgan fingerprint density at radius 1 is 1.19 bits per heavy atom. The van der Waals surface area contributed by atoms with Gasteiger partial charge in [0.1, 0.15) is 18.8 Å². The summed E-state index contributed by atoms with van der Waals surface area (Å²) in [7, 11) is 1.55. The first kappa shape index (κ1) is 18.4. The molecule has 6 nitrogen and oxygen atoms in total. The minimum absolute atomic E-state index is 0.0962. The first-order valence-electron chi connectivity index (χ1n) is 7.51. The molecule has 0 atom stereocenters. The predicted molar refractivity (Wildman–Crippen MR) is 98.3 cm³/mol. The summed E-state index contributed by atoms with van der Waals surface area (Å²) in [6.45, 7) is 0.658. The number of anilines is 2. The summed E-state index contributed by atoms with van der Waals surface area (Å²) in [6.07, 6.45) is 1.32. The molecular weight excluding hydrogens is 384 g/mol. The highest BCUT2D eigenvalue weighted by Crippen LogP contribution is 2.36. The van der Waals surface area contributed by atoms with E-state index in [-0.39, 0.29) is 33.8 Å². The second-order valence-corrected chi connectivity index (χ2v) is 6.03. The summed E-state index contributed by atoms with van der Waals surface area (Å²) in [5, 5.41) is 13.4. The highest BCUT2D eigenvalue weighted by atomic mass is 35.5. The van der Waals surface area contributed by atoms with Gasteiger partial charge >= 0.3 is 0 Å². The molecule has 3 rings (SSSR count). The minimum atomic E-state index is -0.699. The highest BCUT2D eigenvalue weighted by molar-refractivity contribution is 6.42. The number of nitrogens with one attached hydrogen (secondary N) is 1. The molecule has 3 aromatic rings. The SMILES string of the molecule is COCCOc1cc2ncnc(Nc3ccc(Cl)c(Cl)c3F)c2cc1O. The second-order valence-electron chi connectivity index (χ2n) is 5.25. The van der Waals surface area contributed by atoms with E-state index in [1.165, 1.54) is 24.5 Å². The first-order valence-corrected chi connectivity index (χ1v) is 8.27.